The summed E-state index contributed by atoms with van der Waals surface area (Å²) in [7, 11) is 0. The standard InChI is InChI=1S/C8H15NO2/c1-2-7(10)6-4-3-5-8(11)9-6/h6-7,10H,2-5H2,1H3,(H,9,11). The van der Waals surface area contributed by atoms with Gasteiger partial charge >= 0.3 is 0 Å². The number of carbonyl (C=O) groups is 1. The number of piperidine rings is 1. The highest BCUT2D eigenvalue weighted by molar-refractivity contribution is 5.77. The van der Waals surface area contributed by atoms with E-state index in [9.17, 15) is 9.90 Å². The van der Waals surface area contributed by atoms with Crippen molar-refractivity contribution in [3.8, 4) is 0 Å². The van der Waals surface area contributed by atoms with Crippen molar-refractivity contribution in [1.82, 2.24) is 5.32 Å². The molecule has 0 aliphatic carbocycles. The molecule has 11 heavy (non-hydrogen) atoms. The normalized spacial score (nSPS) is 27.8. The molecule has 0 saturated carbocycles. The number of nitrogens with one attached hydrogen (secondary N) is 1. The summed E-state index contributed by atoms with van der Waals surface area (Å²) in [6, 6.07) is 0.00116. The van der Waals surface area contributed by atoms with Crippen molar-refractivity contribution in [1.29, 1.82) is 0 Å². The molecular weight excluding hydrogens is 142 g/mol. The first-order chi connectivity index (χ1) is 5.24. The maximum atomic E-state index is 10.9. The molecule has 0 aromatic carbocycles. The molecule has 2 unspecified atom stereocenters. The maximum absolute atomic E-state index is 10.9. The van der Waals surface area contributed by atoms with Gasteiger partial charge in [-0.3, -0.25) is 4.79 Å². The maximum Gasteiger partial charge on any atom is 0.220 e. The van der Waals surface area contributed by atoms with E-state index in [2.05, 4.69) is 5.32 Å². The Labute approximate surface area is 66.8 Å². The molecular formula is C8H15NO2. The van der Waals surface area contributed by atoms with Crippen molar-refractivity contribution in [3.05, 3.63) is 0 Å². The van der Waals surface area contributed by atoms with Crippen LogP contribution in [0.4, 0.5) is 0 Å². The van der Waals surface area contributed by atoms with Gasteiger partial charge in [-0.05, 0) is 19.3 Å². The Hall–Kier alpha value is -0.570. The van der Waals surface area contributed by atoms with Gasteiger partial charge in [0, 0.05) is 6.42 Å². The molecule has 0 aromatic heterocycles. The van der Waals surface area contributed by atoms with E-state index in [-0.39, 0.29) is 18.1 Å². The van der Waals surface area contributed by atoms with E-state index >= 15 is 0 Å². The molecule has 0 bridgehead atoms. The van der Waals surface area contributed by atoms with E-state index in [1.165, 1.54) is 0 Å². The van der Waals surface area contributed by atoms with Crippen LogP contribution in [-0.4, -0.2) is 23.2 Å². The molecule has 3 heteroatoms. The molecule has 1 fully saturated rings. The number of carbonyl (C=O) groups excluding carboxylic acids is 1. The van der Waals surface area contributed by atoms with E-state index < -0.39 is 0 Å². The number of hydrogen-bond donors (Lipinski definition) is 2. The van der Waals surface area contributed by atoms with Crippen LogP contribution in [0.2, 0.25) is 0 Å². The van der Waals surface area contributed by atoms with Crippen LogP contribution in [0.25, 0.3) is 0 Å². The Morgan fingerprint density at radius 1 is 1.82 bits per heavy atom. The lowest BCUT2D eigenvalue weighted by molar-refractivity contribution is -0.124. The SMILES string of the molecule is CCC(O)C1CCCC(=O)N1. The summed E-state index contributed by atoms with van der Waals surface area (Å²) in [4.78, 5) is 10.9. The number of aliphatic hydroxyl groups is 1. The number of aliphatic hydroxyl groups excluding tert-OH is 1. The summed E-state index contributed by atoms with van der Waals surface area (Å²) in [5, 5.41) is 12.2. The molecule has 2 N–H and O–H groups in total. The Kier molecular flexibility index (Phi) is 2.88. The fourth-order valence-electron chi connectivity index (χ4n) is 1.41. The van der Waals surface area contributed by atoms with Crippen molar-refractivity contribution < 1.29 is 9.90 Å². The third kappa shape index (κ3) is 2.19. The predicted molar refractivity (Wildman–Crippen MR) is 42.1 cm³/mol. The van der Waals surface area contributed by atoms with Crippen LogP contribution in [-0.2, 0) is 4.79 Å². The number of rotatable bonds is 2. The van der Waals surface area contributed by atoms with E-state index in [1.807, 2.05) is 6.92 Å². The zero-order valence-corrected chi connectivity index (χ0v) is 6.84. The van der Waals surface area contributed by atoms with Crippen LogP contribution in [0.3, 0.4) is 0 Å². The molecule has 1 heterocycles. The molecule has 1 amide bonds. The minimum absolute atomic E-state index is 0.00116. The summed E-state index contributed by atoms with van der Waals surface area (Å²) in [6.07, 6.45) is 2.80. The average Bonchev–Trinajstić information content (AvgIpc) is 2.03. The van der Waals surface area contributed by atoms with Gasteiger partial charge in [-0.1, -0.05) is 6.92 Å². The van der Waals surface area contributed by atoms with Crippen molar-refractivity contribution in [3.63, 3.8) is 0 Å². The molecule has 1 aliphatic rings. The van der Waals surface area contributed by atoms with Gasteiger partial charge in [0.25, 0.3) is 0 Å². The zero-order chi connectivity index (χ0) is 8.27. The summed E-state index contributed by atoms with van der Waals surface area (Å²) in [6.45, 7) is 1.92. The van der Waals surface area contributed by atoms with Gasteiger partial charge < -0.3 is 10.4 Å². The first-order valence-electron chi connectivity index (χ1n) is 4.21. The van der Waals surface area contributed by atoms with Crippen LogP contribution < -0.4 is 5.32 Å². The van der Waals surface area contributed by atoms with Gasteiger partial charge in [-0.25, -0.2) is 0 Å². The van der Waals surface area contributed by atoms with Gasteiger partial charge in [0.1, 0.15) is 0 Å². The quantitative estimate of drug-likeness (QED) is 0.610. The largest absolute Gasteiger partial charge is 0.391 e. The molecule has 64 valence electrons. The van der Waals surface area contributed by atoms with Gasteiger partial charge in [0.15, 0.2) is 0 Å². The van der Waals surface area contributed by atoms with Crippen molar-refractivity contribution in [2.75, 3.05) is 0 Å². The van der Waals surface area contributed by atoms with Crippen molar-refractivity contribution in [2.45, 2.75) is 44.8 Å². The molecule has 0 radical (unpaired) electrons. The topological polar surface area (TPSA) is 49.3 Å². The monoisotopic (exact) mass is 157 g/mol. The molecule has 0 aromatic rings. The highest BCUT2D eigenvalue weighted by Crippen LogP contribution is 2.12. The predicted octanol–water partition coefficient (Wildman–Crippen LogP) is 0.426. The average molecular weight is 157 g/mol. The molecule has 3 nitrogen and oxygen atoms in total. The van der Waals surface area contributed by atoms with Gasteiger partial charge in [0.05, 0.1) is 12.1 Å². The molecule has 1 saturated heterocycles. The van der Waals surface area contributed by atoms with Crippen molar-refractivity contribution >= 4 is 5.91 Å². The van der Waals surface area contributed by atoms with Gasteiger partial charge in [-0.2, -0.15) is 0 Å². The highest BCUT2D eigenvalue weighted by atomic mass is 16.3. The molecule has 1 rings (SSSR count). The van der Waals surface area contributed by atoms with Crippen LogP contribution >= 0.6 is 0 Å². The number of amides is 1. The van der Waals surface area contributed by atoms with Crippen molar-refractivity contribution in [2.24, 2.45) is 0 Å². The summed E-state index contributed by atoms with van der Waals surface area (Å²) in [5.41, 5.74) is 0. The third-order valence-corrected chi connectivity index (χ3v) is 2.15. The Morgan fingerprint density at radius 2 is 2.55 bits per heavy atom. The van der Waals surface area contributed by atoms with Crippen LogP contribution in [0.5, 0.6) is 0 Å². The van der Waals surface area contributed by atoms with Crippen LogP contribution in [0.1, 0.15) is 32.6 Å². The van der Waals surface area contributed by atoms with E-state index in [0.717, 1.165) is 12.8 Å². The fourth-order valence-corrected chi connectivity index (χ4v) is 1.41. The highest BCUT2D eigenvalue weighted by Gasteiger charge is 2.23. The summed E-state index contributed by atoms with van der Waals surface area (Å²) >= 11 is 0. The molecule has 2 atom stereocenters. The van der Waals surface area contributed by atoms with E-state index in [0.29, 0.717) is 12.8 Å². The lowest BCUT2D eigenvalue weighted by Gasteiger charge is -2.26. The van der Waals surface area contributed by atoms with Gasteiger partial charge in [0.2, 0.25) is 5.91 Å². The zero-order valence-electron chi connectivity index (χ0n) is 6.84. The Balaban J connectivity index is 2.39. The Bertz CT molecular complexity index is 147. The second-order valence-corrected chi connectivity index (χ2v) is 3.04. The number of hydrogen-bond acceptors (Lipinski definition) is 2. The first-order valence-corrected chi connectivity index (χ1v) is 4.21. The van der Waals surface area contributed by atoms with Crippen LogP contribution in [0.15, 0.2) is 0 Å². The first kappa shape index (κ1) is 8.53. The summed E-state index contributed by atoms with van der Waals surface area (Å²) < 4.78 is 0. The van der Waals surface area contributed by atoms with E-state index in [4.69, 9.17) is 0 Å². The minimum atomic E-state index is -0.362. The second kappa shape index (κ2) is 3.72. The fraction of sp³-hybridized carbons (Fsp3) is 0.875. The summed E-state index contributed by atoms with van der Waals surface area (Å²) in [5.74, 6) is 0.0775. The lowest BCUT2D eigenvalue weighted by atomic mass is 9.98. The Morgan fingerprint density at radius 3 is 3.09 bits per heavy atom. The lowest BCUT2D eigenvalue weighted by Crippen LogP contribution is -2.45. The third-order valence-electron chi connectivity index (χ3n) is 2.15. The van der Waals surface area contributed by atoms with E-state index in [1.54, 1.807) is 0 Å². The second-order valence-electron chi connectivity index (χ2n) is 3.04. The molecule has 0 spiro atoms. The van der Waals surface area contributed by atoms with Crippen LogP contribution in [0, 0.1) is 0 Å². The van der Waals surface area contributed by atoms with Gasteiger partial charge in [-0.15, -0.1) is 0 Å². The minimum Gasteiger partial charge on any atom is -0.391 e. The smallest absolute Gasteiger partial charge is 0.220 e. The molecule has 1 aliphatic heterocycles.